The van der Waals surface area contributed by atoms with Gasteiger partial charge < -0.3 is 21.6 Å². The first-order chi connectivity index (χ1) is 6.49. The lowest BCUT2D eigenvalue weighted by atomic mass is 9.98. The van der Waals surface area contributed by atoms with Crippen molar-refractivity contribution in [3.63, 3.8) is 0 Å². The van der Waals surface area contributed by atoms with Crippen LogP contribution in [0, 0.1) is 0 Å². The van der Waals surface area contributed by atoms with Gasteiger partial charge in [0.25, 0.3) is 0 Å². The van der Waals surface area contributed by atoms with Crippen molar-refractivity contribution >= 4 is 5.78 Å². The van der Waals surface area contributed by atoms with Gasteiger partial charge in [0.1, 0.15) is 0 Å². The summed E-state index contributed by atoms with van der Waals surface area (Å²) in [6, 6.07) is 0. The van der Waals surface area contributed by atoms with Gasteiger partial charge in [0, 0.05) is 12.4 Å². The molecule has 6 heteroatoms. The Kier molecular flexibility index (Phi) is 3.00. The lowest BCUT2D eigenvalue weighted by Crippen LogP contribution is -2.61. The number of nitrogens with zero attached hydrogens (tertiary/aromatic N) is 1. The molecule has 0 aliphatic heterocycles. The molecule has 6 N–H and O–H groups in total. The summed E-state index contributed by atoms with van der Waals surface area (Å²) < 4.78 is 0. The normalized spacial score (nSPS) is 14.0. The van der Waals surface area contributed by atoms with Crippen LogP contribution in [0.1, 0.15) is 24.0 Å². The molecule has 0 fully saturated rings. The first-order valence-electron chi connectivity index (χ1n) is 4.28. The third kappa shape index (κ3) is 1.98. The highest BCUT2D eigenvalue weighted by Crippen LogP contribution is 2.09. The maximum atomic E-state index is 11.5. The van der Waals surface area contributed by atoms with Crippen LogP contribution < -0.4 is 11.5 Å². The van der Waals surface area contributed by atoms with Crippen LogP contribution in [0.2, 0.25) is 0 Å². The zero-order valence-electron chi connectivity index (χ0n) is 7.90. The van der Waals surface area contributed by atoms with Crippen LogP contribution in [-0.2, 0) is 0 Å². The Balaban J connectivity index is 2.81. The molecule has 1 heterocycles. The molecular weight excluding hydrogens is 184 g/mol. The van der Waals surface area contributed by atoms with Crippen molar-refractivity contribution in [2.45, 2.75) is 25.1 Å². The molecular formula is C8H14N4O2. The monoisotopic (exact) mass is 198 g/mol. The number of Topliss-reactive ketones (excluding diaryl/α,β-unsaturated/α-hetero) is 1. The van der Waals surface area contributed by atoms with Crippen LogP contribution in [0.4, 0.5) is 0 Å². The molecule has 14 heavy (non-hydrogen) atoms. The number of H-pyrrole nitrogens is 1. The van der Waals surface area contributed by atoms with Gasteiger partial charge in [0.05, 0.1) is 5.66 Å². The van der Waals surface area contributed by atoms with Crippen molar-refractivity contribution in [2.75, 3.05) is 0 Å². The fourth-order valence-corrected chi connectivity index (χ4v) is 0.967. The van der Waals surface area contributed by atoms with Gasteiger partial charge in [-0.25, -0.2) is 4.98 Å². The molecule has 0 radical (unpaired) electrons. The molecule has 1 aromatic heterocycles. The van der Waals surface area contributed by atoms with E-state index in [1.54, 1.807) is 6.92 Å². The largest absolute Gasteiger partial charge is 0.381 e. The van der Waals surface area contributed by atoms with Crippen molar-refractivity contribution < 1.29 is 9.90 Å². The van der Waals surface area contributed by atoms with Crippen LogP contribution in [0.5, 0.6) is 0 Å². The fraction of sp³-hybridized carbons (Fsp3) is 0.500. The highest BCUT2D eigenvalue weighted by Gasteiger charge is 2.34. The molecule has 0 spiro atoms. The Labute approximate surface area is 81.3 Å². The molecule has 0 saturated heterocycles. The van der Waals surface area contributed by atoms with Crippen molar-refractivity contribution in [2.24, 2.45) is 11.5 Å². The zero-order valence-corrected chi connectivity index (χ0v) is 7.90. The van der Waals surface area contributed by atoms with Gasteiger partial charge in [-0.15, -0.1) is 0 Å². The average Bonchev–Trinajstić information content (AvgIpc) is 2.68. The number of nitrogens with two attached hydrogens (primary N) is 2. The number of aromatic nitrogens is 2. The Morgan fingerprint density at radius 2 is 2.43 bits per heavy atom. The van der Waals surface area contributed by atoms with Crippen LogP contribution in [-0.4, -0.2) is 32.6 Å². The Hall–Kier alpha value is -1.24. The summed E-state index contributed by atoms with van der Waals surface area (Å²) >= 11 is 0. The van der Waals surface area contributed by atoms with E-state index in [1.807, 2.05) is 0 Å². The minimum atomic E-state index is -1.45. The molecule has 1 rings (SSSR count). The number of carbonyl (C=O) groups is 1. The molecule has 0 aliphatic rings. The lowest BCUT2D eigenvalue weighted by molar-refractivity contribution is 0.0521. The highest BCUT2D eigenvalue weighted by molar-refractivity contribution is 5.96. The Morgan fingerprint density at radius 1 is 1.79 bits per heavy atom. The molecule has 0 aliphatic carbocycles. The number of imidazole rings is 1. The molecule has 0 amide bonds. The summed E-state index contributed by atoms with van der Waals surface area (Å²) in [4.78, 5) is 17.8. The molecule has 1 atom stereocenters. The number of aliphatic hydroxyl groups is 1. The van der Waals surface area contributed by atoms with Crippen molar-refractivity contribution in [1.82, 2.24) is 9.97 Å². The quantitative estimate of drug-likeness (QED) is 0.364. The van der Waals surface area contributed by atoms with Gasteiger partial charge in [-0.05, 0) is 6.42 Å². The van der Waals surface area contributed by atoms with Crippen molar-refractivity contribution in [1.29, 1.82) is 0 Å². The van der Waals surface area contributed by atoms with E-state index in [0.29, 0.717) is 6.42 Å². The van der Waals surface area contributed by atoms with E-state index < -0.39 is 17.6 Å². The summed E-state index contributed by atoms with van der Waals surface area (Å²) in [7, 11) is 0. The molecule has 0 bridgehead atoms. The third-order valence-corrected chi connectivity index (χ3v) is 2.10. The minimum Gasteiger partial charge on any atom is -0.381 e. The van der Waals surface area contributed by atoms with E-state index in [0.717, 1.165) is 0 Å². The Bertz CT molecular complexity index is 307. The number of carbonyl (C=O) groups excluding carboxylic acids is 1. The fourth-order valence-electron chi connectivity index (χ4n) is 0.967. The van der Waals surface area contributed by atoms with Gasteiger partial charge >= 0.3 is 0 Å². The second-order valence-corrected chi connectivity index (χ2v) is 3.17. The summed E-state index contributed by atoms with van der Waals surface area (Å²) in [6.45, 7) is 1.69. The number of aromatic amines is 1. The minimum absolute atomic E-state index is 0.0613. The topological polar surface area (TPSA) is 118 Å². The van der Waals surface area contributed by atoms with E-state index in [1.165, 1.54) is 12.4 Å². The first-order valence-corrected chi connectivity index (χ1v) is 4.28. The first kappa shape index (κ1) is 10.8. The van der Waals surface area contributed by atoms with Crippen LogP contribution in [0.15, 0.2) is 12.4 Å². The highest BCUT2D eigenvalue weighted by atomic mass is 16.3. The molecule has 1 unspecified atom stereocenters. The number of nitrogens with one attached hydrogen (secondary N) is 1. The summed E-state index contributed by atoms with van der Waals surface area (Å²) in [5.41, 5.74) is 9.65. The molecule has 1 aromatic rings. The van der Waals surface area contributed by atoms with E-state index in [2.05, 4.69) is 9.97 Å². The average molecular weight is 198 g/mol. The Morgan fingerprint density at radius 3 is 2.86 bits per heavy atom. The second-order valence-electron chi connectivity index (χ2n) is 3.17. The predicted molar refractivity (Wildman–Crippen MR) is 50.3 cm³/mol. The summed E-state index contributed by atoms with van der Waals surface area (Å²) in [5.74, 6) is -0.534. The van der Waals surface area contributed by atoms with Crippen LogP contribution in [0.25, 0.3) is 0 Å². The zero-order chi connectivity index (χ0) is 10.8. The van der Waals surface area contributed by atoms with Gasteiger partial charge in [0.2, 0.25) is 5.78 Å². The molecule has 0 saturated carbocycles. The van der Waals surface area contributed by atoms with Gasteiger partial charge in [-0.3, -0.25) is 4.79 Å². The van der Waals surface area contributed by atoms with E-state index in [-0.39, 0.29) is 5.82 Å². The lowest BCUT2D eigenvalue weighted by Gasteiger charge is -2.26. The SMILES string of the molecule is CCC(N)(N)C(O)C(=O)c1ncc[nH]1. The maximum absolute atomic E-state index is 11.5. The van der Waals surface area contributed by atoms with Crippen molar-refractivity contribution in [3.8, 4) is 0 Å². The number of hydrogen-bond donors (Lipinski definition) is 4. The second kappa shape index (κ2) is 3.87. The summed E-state index contributed by atoms with van der Waals surface area (Å²) in [5, 5.41) is 9.56. The van der Waals surface area contributed by atoms with Crippen LogP contribution >= 0.6 is 0 Å². The predicted octanol–water partition coefficient (Wildman–Crippen LogP) is -1.02. The van der Waals surface area contributed by atoms with Crippen molar-refractivity contribution in [3.05, 3.63) is 18.2 Å². The van der Waals surface area contributed by atoms with E-state index in [4.69, 9.17) is 11.5 Å². The summed E-state index contributed by atoms with van der Waals surface area (Å²) in [6.07, 6.45) is 1.75. The molecule has 0 aromatic carbocycles. The number of rotatable bonds is 4. The molecule has 78 valence electrons. The third-order valence-electron chi connectivity index (χ3n) is 2.10. The van der Waals surface area contributed by atoms with Crippen LogP contribution in [0.3, 0.4) is 0 Å². The van der Waals surface area contributed by atoms with Gasteiger partial charge in [-0.1, -0.05) is 6.92 Å². The van der Waals surface area contributed by atoms with Gasteiger partial charge in [0.15, 0.2) is 11.9 Å². The number of aliphatic hydroxyl groups excluding tert-OH is 1. The number of ketones is 1. The van der Waals surface area contributed by atoms with E-state index >= 15 is 0 Å². The number of hydrogen-bond acceptors (Lipinski definition) is 5. The standard InChI is InChI=1S/C8H14N4O2/c1-2-8(9,10)6(14)5(13)7-11-3-4-12-7/h3-4,6,14H,2,9-10H2,1H3,(H,11,12). The van der Waals surface area contributed by atoms with E-state index in [9.17, 15) is 9.90 Å². The maximum Gasteiger partial charge on any atom is 0.229 e. The smallest absolute Gasteiger partial charge is 0.229 e. The molecule has 6 nitrogen and oxygen atoms in total. The van der Waals surface area contributed by atoms with Gasteiger partial charge in [-0.2, -0.15) is 0 Å².